The fraction of sp³-hybridized carbons (Fsp3) is 0.231. The van der Waals surface area contributed by atoms with Crippen molar-refractivity contribution in [1.29, 1.82) is 0 Å². The molecule has 0 saturated carbocycles. The van der Waals surface area contributed by atoms with E-state index in [2.05, 4.69) is 15.3 Å². The molecule has 1 aromatic carbocycles. The highest BCUT2D eigenvalue weighted by atomic mass is 16.6. The van der Waals surface area contributed by atoms with E-state index in [0.29, 0.717) is 5.82 Å². The third-order valence-corrected chi connectivity index (χ3v) is 2.92. The van der Waals surface area contributed by atoms with E-state index in [-0.39, 0.29) is 23.0 Å². The first-order valence-corrected chi connectivity index (χ1v) is 6.15. The fourth-order valence-corrected chi connectivity index (χ4v) is 1.84. The number of H-pyrrole nitrogens is 1. The number of non-ortho nitro benzene ring substituents is 1. The zero-order valence-electron chi connectivity index (χ0n) is 11.5. The summed E-state index contributed by atoms with van der Waals surface area (Å²) >= 11 is 0. The van der Waals surface area contributed by atoms with Crippen LogP contribution >= 0.6 is 0 Å². The number of amides is 1. The van der Waals surface area contributed by atoms with Crippen molar-refractivity contribution in [3.8, 4) is 5.75 Å². The van der Waals surface area contributed by atoms with E-state index < -0.39 is 10.8 Å². The lowest BCUT2D eigenvalue weighted by Crippen LogP contribution is -2.27. The van der Waals surface area contributed by atoms with Crippen molar-refractivity contribution in [2.45, 2.75) is 13.0 Å². The summed E-state index contributed by atoms with van der Waals surface area (Å²) < 4.78 is 5.07. The van der Waals surface area contributed by atoms with E-state index >= 15 is 0 Å². The number of ether oxygens (including phenoxy) is 1. The number of nitrogens with one attached hydrogen (secondary N) is 2. The lowest BCUT2D eigenvalue weighted by atomic mass is 10.1. The SMILES string of the molecule is COc1ccc([N+](=O)[O-])cc1C(=O)NC(C)c1ncc[nH]1. The minimum atomic E-state index is -0.563. The van der Waals surface area contributed by atoms with Gasteiger partial charge in [-0.1, -0.05) is 0 Å². The fourth-order valence-electron chi connectivity index (χ4n) is 1.84. The standard InChI is InChI=1S/C13H14N4O4/c1-8(12-14-5-6-15-12)16-13(18)10-7-9(17(19)20)3-4-11(10)21-2/h3-8H,1-2H3,(H,14,15)(H,16,18). The van der Waals surface area contributed by atoms with Gasteiger partial charge in [-0.05, 0) is 13.0 Å². The van der Waals surface area contributed by atoms with E-state index in [0.717, 1.165) is 0 Å². The van der Waals surface area contributed by atoms with Crippen molar-refractivity contribution in [2.24, 2.45) is 0 Å². The summed E-state index contributed by atoms with van der Waals surface area (Å²) in [6.07, 6.45) is 3.22. The first-order valence-electron chi connectivity index (χ1n) is 6.15. The van der Waals surface area contributed by atoms with Crippen LogP contribution in [0.2, 0.25) is 0 Å². The number of aromatic amines is 1. The Balaban J connectivity index is 2.25. The molecule has 0 bridgehead atoms. The quantitative estimate of drug-likeness (QED) is 0.644. The van der Waals surface area contributed by atoms with E-state index in [1.165, 1.54) is 25.3 Å². The van der Waals surface area contributed by atoms with Crippen LogP contribution in [0.25, 0.3) is 0 Å². The predicted octanol–water partition coefficient (Wildman–Crippen LogP) is 1.82. The lowest BCUT2D eigenvalue weighted by molar-refractivity contribution is -0.384. The van der Waals surface area contributed by atoms with Gasteiger partial charge in [-0.3, -0.25) is 14.9 Å². The topological polar surface area (TPSA) is 110 Å². The van der Waals surface area contributed by atoms with Gasteiger partial charge in [0.2, 0.25) is 0 Å². The number of hydrogen-bond acceptors (Lipinski definition) is 5. The zero-order valence-corrected chi connectivity index (χ0v) is 11.5. The Bertz CT molecular complexity index is 654. The van der Waals surface area contributed by atoms with Crippen LogP contribution in [-0.4, -0.2) is 27.9 Å². The van der Waals surface area contributed by atoms with Gasteiger partial charge in [-0.25, -0.2) is 4.98 Å². The average Bonchev–Trinajstić information content (AvgIpc) is 3.00. The number of methoxy groups -OCH3 is 1. The van der Waals surface area contributed by atoms with Crippen molar-refractivity contribution in [3.63, 3.8) is 0 Å². The van der Waals surface area contributed by atoms with Crippen molar-refractivity contribution >= 4 is 11.6 Å². The van der Waals surface area contributed by atoms with Crippen LogP contribution in [0.4, 0.5) is 5.69 Å². The molecule has 2 rings (SSSR count). The van der Waals surface area contributed by atoms with Crippen molar-refractivity contribution in [3.05, 3.63) is 52.1 Å². The molecule has 2 aromatic rings. The minimum Gasteiger partial charge on any atom is -0.496 e. The molecule has 1 unspecified atom stereocenters. The van der Waals surface area contributed by atoms with Crippen LogP contribution in [0.5, 0.6) is 5.75 Å². The highest BCUT2D eigenvalue weighted by Gasteiger charge is 2.20. The highest BCUT2D eigenvalue weighted by molar-refractivity contribution is 5.97. The Morgan fingerprint density at radius 2 is 2.29 bits per heavy atom. The third-order valence-electron chi connectivity index (χ3n) is 2.92. The molecule has 0 aliphatic rings. The summed E-state index contributed by atoms with van der Waals surface area (Å²) in [5, 5.41) is 13.5. The van der Waals surface area contributed by atoms with Crippen molar-refractivity contribution < 1.29 is 14.5 Å². The van der Waals surface area contributed by atoms with E-state index in [1.54, 1.807) is 19.3 Å². The molecule has 0 saturated heterocycles. The van der Waals surface area contributed by atoms with Gasteiger partial charge in [-0.15, -0.1) is 0 Å². The van der Waals surface area contributed by atoms with Gasteiger partial charge in [0, 0.05) is 24.5 Å². The molecule has 1 heterocycles. The number of nitro groups is 1. The second-order valence-electron chi connectivity index (χ2n) is 4.31. The number of aromatic nitrogens is 2. The predicted molar refractivity (Wildman–Crippen MR) is 74.1 cm³/mol. The van der Waals surface area contributed by atoms with Gasteiger partial charge in [0.05, 0.1) is 23.6 Å². The van der Waals surface area contributed by atoms with Crippen molar-refractivity contribution in [2.75, 3.05) is 7.11 Å². The molecule has 110 valence electrons. The zero-order chi connectivity index (χ0) is 15.4. The molecule has 2 N–H and O–H groups in total. The number of carbonyl (C=O) groups excluding carboxylic acids is 1. The maximum atomic E-state index is 12.2. The molecule has 21 heavy (non-hydrogen) atoms. The minimum absolute atomic E-state index is 0.102. The number of imidazole rings is 1. The Hall–Kier alpha value is -2.90. The van der Waals surface area contributed by atoms with Crippen LogP contribution < -0.4 is 10.1 Å². The lowest BCUT2D eigenvalue weighted by Gasteiger charge is -2.13. The maximum absolute atomic E-state index is 12.2. The number of hydrogen-bond donors (Lipinski definition) is 2. The van der Waals surface area contributed by atoms with Gasteiger partial charge in [0.15, 0.2) is 0 Å². The van der Waals surface area contributed by atoms with Gasteiger partial charge in [0.1, 0.15) is 11.6 Å². The molecule has 0 fully saturated rings. The Morgan fingerprint density at radius 1 is 1.52 bits per heavy atom. The number of carbonyl (C=O) groups is 1. The Labute approximate surface area is 120 Å². The van der Waals surface area contributed by atoms with E-state index in [1.807, 2.05) is 0 Å². The number of rotatable bonds is 5. The van der Waals surface area contributed by atoms with Gasteiger partial charge in [0.25, 0.3) is 11.6 Å². The molecule has 0 spiro atoms. The smallest absolute Gasteiger partial charge is 0.270 e. The maximum Gasteiger partial charge on any atom is 0.270 e. The van der Waals surface area contributed by atoms with Crippen LogP contribution in [0.1, 0.15) is 29.1 Å². The number of benzene rings is 1. The summed E-state index contributed by atoms with van der Waals surface area (Å²) in [5.41, 5.74) is -0.0725. The molecule has 1 atom stereocenters. The van der Waals surface area contributed by atoms with E-state index in [4.69, 9.17) is 4.74 Å². The highest BCUT2D eigenvalue weighted by Crippen LogP contribution is 2.24. The number of nitrogens with zero attached hydrogens (tertiary/aromatic N) is 2. The Kier molecular flexibility index (Phi) is 4.17. The summed E-state index contributed by atoms with van der Waals surface area (Å²) in [7, 11) is 1.40. The first kappa shape index (κ1) is 14.5. The molecule has 1 aromatic heterocycles. The second-order valence-corrected chi connectivity index (χ2v) is 4.31. The van der Waals surface area contributed by atoms with Gasteiger partial charge >= 0.3 is 0 Å². The van der Waals surface area contributed by atoms with Gasteiger partial charge < -0.3 is 15.0 Å². The molecular weight excluding hydrogens is 276 g/mol. The summed E-state index contributed by atoms with van der Waals surface area (Å²) in [4.78, 5) is 29.4. The van der Waals surface area contributed by atoms with Crippen LogP contribution in [0, 0.1) is 10.1 Å². The first-order chi connectivity index (χ1) is 10.0. The average molecular weight is 290 g/mol. The Morgan fingerprint density at radius 3 is 2.86 bits per heavy atom. The van der Waals surface area contributed by atoms with Crippen molar-refractivity contribution in [1.82, 2.24) is 15.3 Å². The molecule has 0 aliphatic heterocycles. The normalized spacial score (nSPS) is 11.7. The van der Waals surface area contributed by atoms with Crippen LogP contribution in [0.3, 0.4) is 0 Å². The van der Waals surface area contributed by atoms with Crippen LogP contribution in [0.15, 0.2) is 30.6 Å². The molecule has 8 heteroatoms. The summed E-state index contributed by atoms with van der Waals surface area (Å²) in [5.74, 6) is 0.386. The molecule has 1 amide bonds. The third kappa shape index (κ3) is 3.16. The molecule has 0 aliphatic carbocycles. The van der Waals surface area contributed by atoms with Crippen LogP contribution in [-0.2, 0) is 0 Å². The molecule has 0 radical (unpaired) electrons. The monoisotopic (exact) mass is 290 g/mol. The molecule has 8 nitrogen and oxygen atoms in total. The largest absolute Gasteiger partial charge is 0.496 e. The molecular formula is C13H14N4O4. The second kappa shape index (κ2) is 6.04. The van der Waals surface area contributed by atoms with E-state index in [9.17, 15) is 14.9 Å². The number of nitro benzene ring substituents is 1. The summed E-state index contributed by atoms with van der Waals surface area (Å²) in [6, 6.07) is 3.50. The summed E-state index contributed by atoms with van der Waals surface area (Å²) in [6.45, 7) is 1.75. The van der Waals surface area contributed by atoms with Gasteiger partial charge in [-0.2, -0.15) is 0 Å².